The van der Waals surface area contributed by atoms with Crippen LogP contribution in [0.25, 0.3) is 83.3 Å². The lowest BCUT2D eigenvalue weighted by Crippen LogP contribution is -2.08. The molecule has 6 aromatic carbocycles. The molecule has 6 heteroatoms. The first-order valence-electron chi connectivity index (χ1n) is 17.1. The summed E-state index contributed by atoms with van der Waals surface area (Å²) in [7, 11) is 0. The van der Waals surface area contributed by atoms with Gasteiger partial charge in [0.15, 0.2) is 11.6 Å². The van der Waals surface area contributed by atoms with Crippen LogP contribution < -0.4 is 0 Å². The molecule has 5 nitrogen and oxygen atoms in total. The largest absolute Gasteiger partial charge is 0.309 e. The molecule has 0 saturated heterocycles. The molecule has 0 fully saturated rings. The highest BCUT2D eigenvalue weighted by Crippen LogP contribution is 2.38. The van der Waals surface area contributed by atoms with Gasteiger partial charge in [-0.3, -0.25) is 4.57 Å². The Morgan fingerprint density at radius 1 is 0.431 bits per heavy atom. The Hall–Kier alpha value is -6.53. The van der Waals surface area contributed by atoms with Crippen LogP contribution in [0.15, 0.2) is 164 Å². The Labute approximate surface area is 297 Å². The Morgan fingerprint density at radius 3 is 1.63 bits per heavy atom. The molecule has 51 heavy (non-hydrogen) atoms. The third-order valence-corrected chi connectivity index (χ3v) is 9.80. The standard InChI is InChI=1S/C45H31N5.B/c1-4-14-30(15-5-1)43-46-44(31-16-6-2-7-17-31)48-45(47-43)50-40-23-13-11-21-36(40)38-29-33(25-27-42(38)50)32-24-26-41-37(28-32)35-20-10-12-22-39(35)49(41)34-18-8-3-9-19-34;/h1,3-6,8-29H,2,7H2;. The van der Waals surface area contributed by atoms with E-state index < -0.39 is 0 Å². The first kappa shape index (κ1) is 30.5. The predicted octanol–water partition coefficient (Wildman–Crippen LogP) is 10.8. The summed E-state index contributed by atoms with van der Waals surface area (Å²) in [5.74, 6) is 1.97. The summed E-state index contributed by atoms with van der Waals surface area (Å²) in [5, 5.41) is 4.80. The summed E-state index contributed by atoms with van der Waals surface area (Å²) in [6, 6.07) is 51.6. The van der Waals surface area contributed by atoms with Crippen molar-refractivity contribution in [2.75, 3.05) is 0 Å². The molecule has 239 valence electrons. The van der Waals surface area contributed by atoms with Gasteiger partial charge in [-0.2, -0.15) is 9.97 Å². The smallest absolute Gasteiger partial charge is 0.238 e. The van der Waals surface area contributed by atoms with Gasteiger partial charge < -0.3 is 4.57 Å². The lowest BCUT2D eigenvalue weighted by atomic mass is 10.0. The number of nitrogens with zero attached hydrogens (tertiary/aromatic N) is 5. The zero-order chi connectivity index (χ0) is 33.0. The molecule has 0 spiro atoms. The Bertz CT molecular complexity index is 2810. The fourth-order valence-electron chi connectivity index (χ4n) is 7.47. The van der Waals surface area contributed by atoms with Crippen molar-refractivity contribution in [3.05, 3.63) is 170 Å². The topological polar surface area (TPSA) is 48.5 Å². The summed E-state index contributed by atoms with van der Waals surface area (Å²) in [4.78, 5) is 15.2. The zero-order valence-corrected chi connectivity index (χ0v) is 27.8. The van der Waals surface area contributed by atoms with Crippen LogP contribution in [0.2, 0.25) is 0 Å². The molecule has 1 aliphatic rings. The van der Waals surface area contributed by atoms with E-state index in [1.54, 1.807) is 0 Å². The van der Waals surface area contributed by atoms with Gasteiger partial charge in [-0.15, -0.1) is 0 Å². The van der Waals surface area contributed by atoms with Crippen LogP contribution in [0, 0.1) is 0 Å². The van der Waals surface area contributed by atoms with E-state index in [9.17, 15) is 0 Å². The van der Waals surface area contributed by atoms with Crippen LogP contribution in [0.3, 0.4) is 0 Å². The van der Waals surface area contributed by atoms with Crippen molar-refractivity contribution >= 4 is 57.6 Å². The number of hydrogen-bond donors (Lipinski definition) is 0. The number of hydrogen-bond acceptors (Lipinski definition) is 3. The highest BCUT2D eigenvalue weighted by molar-refractivity contribution is 6.12. The van der Waals surface area contributed by atoms with E-state index >= 15 is 0 Å². The average molecular weight is 653 g/mol. The van der Waals surface area contributed by atoms with E-state index in [1.165, 1.54) is 27.4 Å². The maximum atomic E-state index is 5.12. The monoisotopic (exact) mass is 652 g/mol. The minimum absolute atomic E-state index is 0. The van der Waals surface area contributed by atoms with Crippen molar-refractivity contribution in [2.45, 2.75) is 12.8 Å². The number of fused-ring (bicyclic) bond motifs is 6. The molecule has 0 saturated carbocycles. The molecule has 0 aliphatic heterocycles. The number of allylic oxidation sites excluding steroid dienone is 4. The molecule has 10 rings (SSSR count). The van der Waals surface area contributed by atoms with Crippen LogP contribution in [-0.4, -0.2) is 32.5 Å². The van der Waals surface area contributed by atoms with Gasteiger partial charge >= 0.3 is 0 Å². The van der Waals surface area contributed by atoms with E-state index in [2.05, 4.69) is 155 Å². The lowest BCUT2D eigenvalue weighted by Gasteiger charge is -2.12. The van der Waals surface area contributed by atoms with Crippen LogP contribution >= 0.6 is 0 Å². The quantitative estimate of drug-likeness (QED) is 0.174. The van der Waals surface area contributed by atoms with Crippen molar-refractivity contribution < 1.29 is 0 Å². The number of benzene rings is 6. The molecule has 1 aliphatic carbocycles. The van der Waals surface area contributed by atoms with Gasteiger partial charge in [-0.05, 0) is 72.5 Å². The fourth-order valence-corrected chi connectivity index (χ4v) is 7.47. The maximum absolute atomic E-state index is 5.12. The van der Waals surface area contributed by atoms with Crippen molar-refractivity contribution in [2.24, 2.45) is 0 Å². The van der Waals surface area contributed by atoms with Crippen LogP contribution in [0.1, 0.15) is 18.7 Å². The average Bonchev–Trinajstić information content (AvgIpc) is 3.71. The number of aromatic nitrogens is 5. The Kier molecular flexibility index (Phi) is 7.43. The van der Waals surface area contributed by atoms with Gasteiger partial charge in [0.2, 0.25) is 5.95 Å². The lowest BCUT2D eigenvalue weighted by molar-refractivity contribution is 0.927. The molecule has 9 aromatic rings. The van der Waals surface area contributed by atoms with Crippen molar-refractivity contribution in [1.29, 1.82) is 0 Å². The van der Waals surface area contributed by atoms with Gasteiger partial charge in [0, 0.05) is 46.8 Å². The third kappa shape index (κ3) is 5.07. The van der Waals surface area contributed by atoms with E-state index in [0.717, 1.165) is 57.0 Å². The zero-order valence-electron chi connectivity index (χ0n) is 27.8. The van der Waals surface area contributed by atoms with Crippen molar-refractivity contribution in [3.8, 4) is 34.2 Å². The molecule has 3 radical (unpaired) electrons. The molecule has 0 unspecified atom stereocenters. The number of rotatable bonds is 5. The first-order chi connectivity index (χ1) is 24.8. The highest BCUT2D eigenvalue weighted by Gasteiger charge is 2.19. The van der Waals surface area contributed by atoms with Crippen molar-refractivity contribution in [1.82, 2.24) is 24.1 Å². The van der Waals surface area contributed by atoms with Gasteiger partial charge in [0.05, 0.1) is 22.1 Å². The van der Waals surface area contributed by atoms with Crippen molar-refractivity contribution in [3.63, 3.8) is 0 Å². The second-order valence-corrected chi connectivity index (χ2v) is 12.8. The van der Waals surface area contributed by atoms with Gasteiger partial charge in [-0.25, -0.2) is 4.98 Å². The van der Waals surface area contributed by atoms with Crippen LogP contribution in [0.4, 0.5) is 0 Å². The summed E-state index contributed by atoms with van der Waals surface area (Å²) in [6.07, 6.45) is 8.55. The number of para-hydroxylation sites is 3. The van der Waals surface area contributed by atoms with Gasteiger partial charge in [-0.1, -0.05) is 115 Å². The molecule has 0 amide bonds. The normalized spacial score (nSPS) is 12.8. The van der Waals surface area contributed by atoms with Gasteiger partial charge in [0.25, 0.3) is 0 Å². The summed E-state index contributed by atoms with van der Waals surface area (Å²) >= 11 is 0. The summed E-state index contributed by atoms with van der Waals surface area (Å²) < 4.78 is 4.55. The predicted molar refractivity (Wildman–Crippen MR) is 211 cm³/mol. The molecular weight excluding hydrogens is 621 g/mol. The van der Waals surface area contributed by atoms with Crippen LogP contribution in [0.5, 0.6) is 0 Å². The van der Waals surface area contributed by atoms with E-state index in [1.807, 2.05) is 18.2 Å². The molecule has 0 atom stereocenters. The summed E-state index contributed by atoms with van der Waals surface area (Å²) in [5.41, 5.74) is 10.0. The van der Waals surface area contributed by atoms with E-state index in [0.29, 0.717) is 17.6 Å². The van der Waals surface area contributed by atoms with Gasteiger partial charge in [0.1, 0.15) is 0 Å². The molecular formula is C45H31BN5. The second kappa shape index (κ2) is 12.4. The van der Waals surface area contributed by atoms with E-state index in [4.69, 9.17) is 15.0 Å². The molecule has 3 aromatic heterocycles. The first-order valence-corrected chi connectivity index (χ1v) is 17.1. The summed E-state index contributed by atoms with van der Waals surface area (Å²) in [6.45, 7) is 0. The fraction of sp³-hybridized carbons (Fsp3) is 0.0444. The third-order valence-electron chi connectivity index (χ3n) is 9.80. The van der Waals surface area contributed by atoms with E-state index in [-0.39, 0.29) is 8.41 Å². The molecule has 0 N–H and O–H groups in total. The Balaban J connectivity index is 0.00000348. The highest BCUT2D eigenvalue weighted by atomic mass is 15.2. The second-order valence-electron chi connectivity index (χ2n) is 12.8. The minimum atomic E-state index is 0. The van der Waals surface area contributed by atoms with Crippen LogP contribution in [-0.2, 0) is 0 Å². The Morgan fingerprint density at radius 2 is 0.980 bits per heavy atom. The molecule has 3 heterocycles. The minimum Gasteiger partial charge on any atom is -0.309 e. The molecule has 0 bridgehead atoms. The SMILES string of the molecule is C1=CC(c2nc(-c3ccccc3)nc(-n3c4ccccc4c4cc(-c5ccc6c(c5)c5ccccc5n6-c5ccccc5)ccc43)n2)=CCC1.[B]. The maximum Gasteiger partial charge on any atom is 0.238 e.